The third-order valence-corrected chi connectivity index (χ3v) is 3.96. The lowest BCUT2D eigenvalue weighted by Gasteiger charge is -2.30. The average Bonchev–Trinajstić information content (AvgIpc) is 2.65. The number of aryl methyl sites for hydroxylation is 1. The third-order valence-electron chi connectivity index (χ3n) is 2.91. The molecule has 0 saturated carbocycles. The number of hydrogen-bond donors (Lipinski definition) is 1. The molecule has 1 aliphatic rings. The van der Waals surface area contributed by atoms with E-state index in [1.165, 1.54) is 17.8 Å². The van der Waals surface area contributed by atoms with Crippen molar-refractivity contribution in [3.8, 4) is 0 Å². The smallest absolute Gasteiger partial charge is 0.261 e. The molecule has 0 spiro atoms. The van der Waals surface area contributed by atoms with Gasteiger partial charge in [0.25, 0.3) is 5.91 Å². The van der Waals surface area contributed by atoms with Crippen LogP contribution in [0.4, 0.5) is 0 Å². The van der Waals surface area contributed by atoms with Gasteiger partial charge in [-0.1, -0.05) is 0 Å². The molecule has 2 rings (SSSR count). The van der Waals surface area contributed by atoms with Crippen LogP contribution in [0.3, 0.4) is 0 Å². The number of carbonyl (C=O) groups excluding carboxylic acids is 1. The third kappa shape index (κ3) is 2.83. The van der Waals surface area contributed by atoms with Gasteiger partial charge >= 0.3 is 0 Å². The maximum absolute atomic E-state index is 11.9. The number of carbonyl (C=O) groups is 1. The van der Waals surface area contributed by atoms with E-state index in [0.29, 0.717) is 6.04 Å². The van der Waals surface area contributed by atoms with Crippen molar-refractivity contribution in [2.45, 2.75) is 25.8 Å². The minimum Gasteiger partial charge on any atom is -0.347 e. The van der Waals surface area contributed by atoms with Gasteiger partial charge < -0.3 is 10.2 Å². The molecule has 1 amide bonds. The molecule has 1 fully saturated rings. The lowest BCUT2D eigenvalue weighted by Crippen LogP contribution is -2.46. The Labute approximate surface area is 100 Å². The zero-order chi connectivity index (χ0) is 11.5. The van der Waals surface area contributed by atoms with Crippen LogP contribution in [0.25, 0.3) is 0 Å². The minimum absolute atomic E-state index is 0.0819. The van der Waals surface area contributed by atoms with E-state index in [-0.39, 0.29) is 5.91 Å². The van der Waals surface area contributed by atoms with Gasteiger partial charge in [-0.15, -0.1) is 11.3 Å². The SMILES string of the molecule is Cc1csc(C(=O)N[C@@H]2CCCN(C)C2)c1. The molecule has 3 nitrogen and oxygen atoms in total. The van der Waals surface area contributed by atoms with E-state index in [9.17, 15) is 4.79 Å². The zero-order valence-electron chi connectivity index (χ0n) is 9.82. The summed E-state index contributed by atoms with van der Waals surface area (Å²) >= 11 is 1.52. The van der Waals surface area contributed by atoms with E-state index in [0.717, 1.165) is 30.0 Å². The van der Waals surface area contributed by atoms with Gasteiger partial charge in [-0.05, 0) is 50.4 Å². The Kier molecular flexibility index (Phi) is 3.61. The van der Waals surface area contributed by atoms with Gasteiger partial charge in [0.2, 0.25) is 0 Å². The standard InChI is InChI=1S/C12H18N2OS/c1-9-6-11(16-8-9)12(15)13-10-4-3-5-14(2)7-10/h6,8,10H,3-5,7H2,1-2H3,(H,13,15)/t10-/m1/s1. The number of hydrogen-bond acceptors (Lipinski definition) is 3. The van der Waals surface area contributed by atoms with E-state index in [2.05, 4.69) is 17.3 Å². The molecule has 1 atom stereocenters. The second-order valence-electron chi connectivity index (χ2n) is 4.56. The second kappa shape index (κ2) is 4.97. The molecule has 4 heteroatoms. The summed E-state index contributed by atoms with van der Waals surface area (Å²) < 4.78 is 0. The van der Waals surface area contributed by atoms with Crippen molar-refractivity contribution in [2.24, 2.45) is 0 Å². The Morgan fingerprint density at radius 3 is 3.06 bits per heavy atom. The van der Waals surface area contributed by atoms with Crippen LogP contribution in [0, 0.1) is 6.92 Å². The van der Waals surface area contributed by atoms with Crippen LogP contribution in [-0.2, 0) is 0 Å². The van der Waals surface area contributed by atoms with Gasteiger partial charge in [0.05, 0.1) is 4.88 Å². The van der Waals surface area contributed by atoms with Crippen molar-refractivity contribution >= 4 is 17.2 Å². The zero-order valence-corrected chi connectivity index (χ0v) is 10.6. The van der Waals surface area contributed by atoms with Gasteiger partial charge in [-0.25, -0.2) is 0 Å². The first kappa shape index (κ1) is 11.6. The van der Waals surface area contributed by atoms with Crippen molar-refractivity contribution in [2.75, 3.05) is 20.1 Å². The van der Waals surface area contributed by atoms with E-state index in [1.54, 1.807) is 0 Å². The maximum atomic E-state index is 11.9. The summed E-state index contributed by atoms with van der Waals surface area (Å²) in [6.07, 6.45) is 2.27. The van der Waals surface area contributed by atoms with Gasteiger partial charge in [0.1, 0.15) is 0 Å². The van der Waals surface area contributed by atoms with Crippen molar-refractivity contribution < 1.29 is 4.79 Å². The van der Waals surface area contributed by atoms with E-state index in [4.69, 9.17) is 0 Å². The first-order valence-corrected chi connectivity index (χ1v) is 6.57. The number of nitrogens with one attached hydrogen (secondary N) is 1. The normalized spacial score (nSPS) is 22.0. The Morgan fingerprint density at radius 1 is 1.62 bits per heavy atom. The molecular formula is C12H18N2OS. The number of likely N-dealkylation sites (tertiary alicyclic amines) is 1. The highest BCUT2D eigenvalue weighted by atomic mass is 32.1. The fraction of sp³-hybridized carbons (Fsp3) is 0.583. The number of rotatable bonds is 2. The van der Waals surface area contributed by atoms with Crippen LogP contribution in [0.15, 0.2) is 11.4 Å². The predicted molar refractivity (Wildman–Crippen MR) is 67.0 cm³/mol. The highest BCUT2D eigenvalue weighted by molar-refractivity contribution is 7.12. The molecule has 0 aliphatic carbocycles. The van der Waals surface area contributed by atoms with E-state index in [1.807, 2.05) is 18.4 Å². The molecule has 88 valence electrons. The number of likely N-dealkylation sites (N-methyl/N-ethyl adjacent to an activating group) is 1. The molecule has 1 aromatic heterocycles. The van der Waals surface area contributed by atoms with Crippen LogP contribution in [0.2, 0.25) is 0 Å². The largest absolute Gasteiger partial charge is 0.347 e. The van der Waals surface area contributed by atoms with Gasteiger partial charge in [0.15, 0.2) is 0 Å². The van der Waals surface area contributed by atoms with E-state index >= 15 is 0 Å². The monoisotopic (exact) mass is 238 g/mol. The summed E-state index contributed by atoms with van der Waals surface area (Å²) in [5, 5.41) is 5.12. The van der Waals surface area contributed by atoms with Crippen molar-refractivity contribution in [1.82, 2.24) is 10.2 Å². The molecule has 1 aliphatic heterocycles. The lowest BCUT2D eigenvalue weighted by atomic mass is 10.1. The van der Waals surface area contributed by atoms with Crippen LogP contribution >= 0.6 is 11.3 Å². The maximum Gasteiger partial charge on any atom is 0.261 e. The molecule has 0 bridgehead atoms. The Morgan fingerprint density at radius 2 is 2.44 bits per heavy atom. The molecule has 0 unspecified atom stereocenters. The lowest BCUT2D eigenvalue weighted by molar-refractivity contribution is 0.0916. The van der Waals surface area contributed by atoms with Crippen LogP contribution in [0.1, 0.15) is 28.1 Å². The molecular weight excluding hydrogens is 220 g/mol. The summed E-state index contributed by atoms with van der Waals surface area (Å²) in [5.74, 6) is 0.0819. The van der Waals surface area contributed by atoms with Crippen molar-refractivity contribution in [1.29, 1.82) is 0 Å². The number of piperidine rings is 1. The molecule has 1 saturated heterocycles. The fourth-order valence-electron chi connectivity index (χ4n) is 2.09. The predicted octanol–water partition coefficient (Wildman–Crippen LogP) is 1.88. The average molecular weight is 238 g/mol. The van der Waals surface area contributed by atoms with Gasteiger partial charge in [-0.3, -0.25) is 4.79 Å². The Balaban J connectivity index is 1.92. The number of nitrogens with zero attached hydrogens (tertiary/aromatic N) is 1. The first-order chi connectivity index (χ1) is 7.65. The fourth-order valence-corrected chi connectivity index (χ4v) is 2.89. The summed E-state index contributed by atoms with van der Waals surface area (Å²) in [4.78, 5) is 15.0. The van der Waals surface area contributed by atoms with Crippen molar-refractivity contribution in [3.63, 3.8) is 0 Å². The topological polar surface area (TPSA) is 32.3 Å². The van der Waals surface area contributed by atoms with Crippen LogP contribution in [0.5, 0.6) is 0 Å². The van der Waals surface area contributed by atoms with Gasteiger partial charge in [0, 0.05) is 12.6 Å². The summed E-state index contributed by atoms with van der Waals surface area (Å²) in [5.41, 5.74) is 1.16. The van der Waals surface area contributed by atoms with Crippen LogP contribution in [-0.4, -0.2) is 37.0 Å². The minimum atomic E-state index is 0.0819. The Bertz CT molecular complexity index is 375. The highest BCUT2D eigenvalue weighted by Gasteiger charge is 2.19. The number of thiophene rings is 1. The molecule has 1 N–H and O–H groups in total. The first-order valence-electron chi connectivity index (χ1n) is 5.69. The quantitative estimate of drug-likeness (QED) is 0.853. The molecule has 16 heavy (non-hydrogen) atoms. The van der Waals surface area contributed by atoms with E-state index < -0.39 is 0 Å². The summed E-state index contributed by atoms with van der Waals surface area (Å²) in [7, 11) is 2.10. The van der Waals surface area contributed by atoms with Gasteiger partial charge in [-0.2, -0.15) is 0 Å². The summed E-state index contributed by atoms with van der Waals surface area (Å²) in [6, 6.07) is 2.26. The molecule has 2 heterocycles. The number of amides is 1. The summed E-state index contributed by atoms with van der Waals surface area (Å²) in [6.45, 7) is 4.13. The van der Waals surface area contributed by atoms with Crippen LogP contribution < -0.4 is 5.32 Å². The highest BCUT2D eigenvalue weighted by Crippen LogP contribution is 2.15. The Hall–Kier alpha value is -0.870. The second-order valence-corrected chi connectivity index (χ2v) is 5.47. The molecule has 1 aromatic rings. The molecule has 0 aromatic carbocycles. The van der Waals surface area contributed by atoms with Crippen molar-refractivity contribution in [3.05, 3.63) is 21.9 Å². The molecule has 0 radical (unpaired) electrons.